The summed E-state index contributed by atoms with van der Waals surface area (Å²) in [5, 5.41) is 15.8. The van der Waals surface area contributed by atoms with Gasteiger partial charge in [0.1, 0.15) is 5.75 Å². The number of aliphatic hydroxyl groups is 1. The third-order valence-electron chi connectivity index (χ3n) is 8.51. The van der Waals surface area contributed by atoms with Gasteiger partial charge >= 0.3 is 6.03 Å². The third kappa shape index (κ3) is 9.79. The summed E-state index contributed by atoms with van der Waals surface area (Å²) < 4.78 is 40.8. The highest BCUT2D eigenvalue weighted by molar-refractivity contribution is 7.89. The number of anilines is 2. The Morgan fingerprint density at radius 3 is 2.40 bits per heavy atom. The maximum Gasteiger partial charge on any atom is 0.323 e. The van der Waals surface area contributed by atoms with Gasteiger partial charge in [0, 0.05) is 44.0 Å². The van der Waals surface area contributed by atoms with Crippen LogP contribution < -0.4 is 15.4 Å². The second kappa shape index (κ2) is 16.9. The first-order valence-corrected chi connectivity index (χ1v) is 17.8. The number of carbonyl (C=O) groups excluding carboxylic acids is 2. The van der Waals surface area contributed by atoms with Gasteiger partial charge in [-0.15, -0.1) is 0 Å². The Morgan fingerprint density at radius 1 is 1.02 bits per heavy atom. The molecule has 0 spiro atoms. The topological polar surface area (TPSA) is 138 Å². The van der Waals surface area contributed by atoms with E-state index in [2.05, 4.69) is 10.6 Å². The third-order valence-corrected chi connectivity index (χ3v) is 10.3. The highest BCUT2D eigenvalue weighted by Gasteiger charge is 2.32. The summed E-state index contributed by atoms with van der Waals surface area (Å²) >= 11 is 0. The minimum absolute atomic E-state index is 0.0770. The number of hydrogen-bond donors (Lipinski definition) is 3. The number of rotatable bonds is 8. The molecule has 0 bridgehead atoms. The average molecular weight is 681 g/mol. The first kappa shape index (κ1) is 36.9. The van der Waals surface area contributed by atoms with Crippen molar-refractivity contribution in [1.82, 2.24) is 9.21 Å². The Hall–Kier alpha value is -3.97. The molecule has 0 radical (unpaired) electrons. The number of aliphatic hydroxyl groups excluding tert-OH is 1. The van der Waals surface area contributed by atoms with Gasteiger partial charge in [-0.1, -0.05) is 42.8 Å². The van der Waals surface area contributed by atoms with Crippen LogP contribution in [0.4, 0.5) is 16.2 Å². The van der Waals surface area contributed by atoms with E-state index in [0.717, 1.165) is 18.4 Å². The summed E-state index contributed by atoms with van der Waals surface area (Å²) in [7, 11) is -2.25. The number of para-hydroxylation sites is 1. The van der Waals surface area contributed by atoms with Crippen LogP contribution in [0.2, 0.25) is 0 Å². The van der Waals surface area contributed by atoms with E-state index in [0.29, 0.717) is 30.2 Å². The Balaban J connectivity index is 1.62. The van der Waals surface area contributed by atoms with Gasteiger partial charge in [0.25, 0.3) is 5.91 Å². The molecule has 1 heterocycles. The van der Waals surface area contributed by atoms with E-state index in [1.807, 2.05) is 39.0 Å². The molecule has 0 unspecified atom stereocenters. The second-order valence-electron chi connectivity index (χ2n) is 12.6. The van der Waals surface area contributed by atoms with Crippen molar-refractivity contribution in [1.29, 1.82) is 0 Å². The lowest BCUT2D eigenvalue weighted by molar-refractivity contribution is -0.00833. The molecule has 0 aliphatic carbocycles. The Morgan fingerprint density at radius 2 is 1.71 bits per heavy atom. The van der Waals surface area contributed by atoms with Crippen LogP contribution in [0.5, 0.6) is 5.75 Å². The number of carbonyl (C=O) groups is 2. The molecule has 0 saturated heterocycles. The first-order valence-electron chi connectivity index (χ1n) is 16.4. The van der Waals surface area contributed by atoms with Gasteiger partial charge in [-0.3, -0.25) is 4.79 Å². The summed E-state index contributed by atoms with van der Waals surface area (Å²) in [6, 6.07) is 19.6. The standard InChI is InChI=1S/C36H48N4O7S/c1-25-14-17-31(18-15-25)48(44,45)39(5)23-34-26(2)22-40(27(3)24-41)35(42)32-21-30(38-36(43)37-29-12-7-6-8-13-29)16-19-33(32)47-28(4)11-9-10-20-46-34/h6-8,12-19,21,26-28,34,41H,9-11,20,22-24H2,1-5H3,(H2,37,38,43)/t26-,27+,28+,34+/m0/s1. The van der Waals surface area contributed by atoms with Crippen LogP contribution in [-0.4, -0.2) is 86.3 Å². The van der Waals surface area contributed by atoms with Crippen molar-refractivity contribution in [3.05, 3.63) is 83.9 Å². The minimum Gasteiger partial charge on any atom is -0.490 e. The molecule has 0 aromatic heterocycles. The van der Waals surface area contributed by atoms with Gasteiger partial charge in [-0.05, 0) is 82.5 Å². The van der Waals surface area contributed by atoms with Gasteiger partial charge in [0.2, 0.25) is 10.0 Å². The van der Waals surface area contributed by atoms with Crippen molar-refractivity contribution < 1.29 is 32.6 Å². The van der Waals surface area contributed by atoms with Crippen LogP contribution in [0.3, 0.4) is 0 Å². The van der Waals surface area contributed by atoms with E-state index < -0.39 is 34.1 Å². The first-order chi connectivity index (χ1) is 22.9. The number of nitrogens with one attached hydrogen (secondary N) is 2. The van der Waals surface area contributed by atoms with E-state index >= 15 is 0 Å². The van der Waals surface area contributed by atoms with Gasteiger partial charge in [-0.2, -0.15) is 4.31 Å². The van der Waals surface area contributed by atoms with Crippen LogP contribution in [-0.2, 0) is 14.8 Å². The zero-order chi connectivity index (χ0) is 34.8. The molecular formula is C36H48N4O7S. The van der Waals surface area contributed by atoms with Crippen molar-refractivity contribution in [2.45, 2.75) is 70.1 Å². The molecule has 260 valence electrons. The molecular weight excluding hydrogens is 632 g/mol. The molecule has 3 amide bonds. The molecule has 4 rings (SSSR count). The monoisotopic (exact) mass is 680 g/mol. The number of urea groups is 1. The summed E-state index contributed by atoms with van der Waals surface area (Å²) in [6.45, 7) is 7.87. The SMILES string of the molecule is Cc1ccc(S(=O)(=O)N(C)C[C@H]2OCCCC[C@@H](C)Oc3ccc(NC(=O)Nc4ccccc4)cc3C(=O)N([C@H](C)CO)C[C@@H]2C)cc1. The lowest BCUT2D eigenvalue weighted by Gasteiger charge is -2.35. The van der Waals surface area contributed by atoms with Crippen LogP contribution in [0.1, 0.15) is 56.0 Å². The fraction of sp³-hybridized carbons (Fsp3) is 0.444. The largest absolute Gasteiger partial charge is 0.490 e. The number of nitrogens with zero attached hydrogens (tertiary/aromatic N) is 2. The number of amides is 3. The van der Waals surface area contributed by atoms with Crippen LogP contribution >= 0.6 is 0 Å². The molecule has 1 aliphatic heterocycles. The molecule has 11 nitrogen and oxygen atoms in total. The van der Waals surface area contributed by atoms with Crippen LogP contribution in [0.15, 0.2) is 77.7 Å². The maximum absolute atomic E-state index is 14.3. The summed E-state index contributed by atoms with van der Waals surface area (Å²) in [6.07, 6.45) is 1.49. The zero-order valence-corrected chi connectivity index (χ0v) is 29.2. The molecule has 0 fully saturated rings. The molecule has 0 saturated carbocycles. The van der Waals surface area contributed by atoms with Crippen molar-refractivity contribution in [3.8, 4) is 5.75 Å². The van der Waals surface area contributed by atoms with Crippen molar-refractivity contribution in [2.24, 2.45) is 5.92 Å². The van der Waals surface area contributed by atoms with Crippen molar-refractivity contribution in [3.63, 3.8) is 0 Å². The van der Waals surface area contributed by atoms with E-state index in [1.54, 1.807) is 66.4 Å². The number of fused-ring (bicyclic) bond motifs is 1. The van der Waals surface area contributed by atoms with E-state index in [4.69, 9.17) is 9.47 Å². The fourth-order valence-electron chi connectivity index (χ4n) is 5.52. The maximum atomic E-state index is 14.3. The van der Waals surface area contributed by atoms with Crippen molar-refractivity contribution >= 4 is 33.3 Å². The fourth-order valence-corrected chi connectivity index (χ4v) is 6.70. The summed E-state index contributed by atoms with van der Waals surface area (Å²) in [5.41, 5.74) is 2.21. The normalized spacial score (nSPS) is 20.3. The highest BCUT2D eigenvalue weighted by atomic mass is 32.2. The molecule has 3 aromatic rings. The second-order valence-corrected chi connectivity index (χ2v) is 14.6. The lowest BCUT2D eigenvalue weighted by Crippen LogP contribution is -2.48. The molecule has 12 heteroatoms. The Bertz CT molecular complexity index is 1620. The molecule has 48 heavy (non-hydrogen) atoms. The van der Waals surface area contributed by atoms with Gasteiger partial charge in [0.05, 0.1) is 35.3 Å². The summed E-state index contributed by atoms with van der Waals surface area (Å²) in [4.78, 5) is 28.9. The van der Waals surface area contributed by atoms with E-state index in [1.165, 1.54) is 11.4 Å². The van der Waals surface area contributed by atoms with Gasteiger partial charge < -0.3 is 30.1 Å². The highest BCUT2D eigenvalue weighted by Crippen LogP contribution is 2.29. The molecule has 1 aliphatic rings. The quantitative estimate of drug-likeness (QED) is 0.275. The predicted molar refractivity (Wildman–Crippen MR) is 187 cm³/mol. The number of likely N-dealkylation sites (N-methyl/N-ethyl adjacent to an activating group) is 1. The minimum atomic E-state index is -3.79. The van der Waals surface area contributed by atoms with Gasteiger partial charge in [-0.25, -0.2) is 13.2 Å². The number of benzene rings is 3. The number of hydrogen-bond acceptors (Lipinski definition) is 7. The predicted octanol–water partition coefficient (Wildman–Crippen LogP) is 5.76. The van der Waals surface area contributed by atoms with Crippen molar-refractivity contribution in [2.75, 3.05) is 44.0 Å². The van der Waals surface area contributed by atoms with Gasteiger partial charge in [0.15, 0.2) is 0 Å². The zero-order valence-electron chi connectivity index (χ0n) is 28.4. The summed E-state index contributed by atoms with van der Waals surface area (Å²) in [5.74, 6) is -0.338. The number of sulfonamides is 1. The van der Waals surface area contributed by atoms with E-state index in [9.17, 15) is 23.1 Å². The molecule has 4 atom stereocenters. The lowest BCUT2D eigenvalue weighted by atomic mass is 10.0. The smallest absolute Gasteiger partial charge is 0.323 e. The number of aryl methyl sites for hydroxylation is 1. The van der Waals surface area contributed by atoms with E-state index in [-0.39, 0.29) is 42.2 Å². The molecule has 3 N–H and O–H groups in total. The average Bonchev–Trinajstić information content (AvgIpc) is 3.06. The molecule has 3 aromatic carbocycles. The Kier molecular flexibility index (Phi) is 13.0. The van der Waals surface area contributed by atoms with Crippen LogP contribution in [0, 0.1) is 12.8 Å². The van der Waals surface area contributed by atoms with Crippen LogP contribution in [0.25, 0.3) is 0 Å². The number of ether oxygens (including phenoxy) is 2. The Labute approximate surface area is 284 Å².